The average Bonchev–Trinajstić information content (AvgIpc) is 2.93. The van der Waals surface area contributed by atoms with E-state index in [1.807, 2.05) is 46.8 Å². The lowest BCUT2D eigenvalue weighted by atomic mass is 10.1. The Morgan fingerprint density at radius 2 is 1.59 bits per heavy atom. The Bertz CT molecular complexity index is 1370. The van der Waals surface area contributed by atoms with Crippen LogP contribution in [0.1, 0.15) is 43.0 Å². The molecule has 1 fully saturated rings. The SMILES string of the molecule is Cc1cc(C=CC(=O)N2CCN(C(=O)OC(C)(C)C)CC2)cc(C)c1Oc1ccc(OCc2ccc(F)cc2)cn1. The minimum absolute atomic E-state index is 0.101. The number of hydrogen-bond donors (Lipinski definition) is 0. The van der Waals surface area contributed by atoms with Gasteiger partial charge in [-0.15, -0.1) is 0 Å². The number of halogens is 1. The van der Waals surface area contributed by atoms with Gasteiger partial charge >= 0.3 is 6.09 Å². The minimum atomic E-state index is -0.549. The molecule has 2 heterocycles. The van der Waals surface area contributed by atoms with Crippen LogP contribution in [0.2, 0.25) is 0 Å². The normalized spacial score (nSPS) is 13.8. The maximum Gasteiger partial charge on any atom is 0.410 e. The van der Waals surface area contributed by atoms with Crippen molar-refractivity contribution in [2.75, 3.05) is 26.2 Å². The zero-order chi connectivity index (χ0) is 29.6. The lowest BCUT2D eigenvalue weighted by Gasteiger charge is -2.35. The van der Waals surface area contributed by atoms with Crippen LogP contribution in [0.3, 0.4) is 0 Å². The van der Waals surface area contributed by atoms with E-state index in [0.717, 1.165) is 22.3 Å². The van der Waals surface area contributed by atoms with Gasteiger partial charge in [-0.1, -0.05) is 12.1 Å². The van der Waals surface area contributed by atoms with Crippen molar-refractivity contribution in [2.24, 2.45) is 0 Å². The zero-order valence-electron chi connectivity index (χ0n) is 24.1. The fraction of sp³-hybridized carbons (Fsp3) is 0.344. The van der Waals surface area contributed by atoms with Crippen LogP contribution in [0.4, 0.5) is 9.18 Å². The number of piperazine rings is 1. The molecule has 1 aliphatic rings. The van der Waals surface area contributed by atoms with Crippen molar-refractivity contribution in [3.63, 3.8) is 0 Å². The molecule has 2 aromatic carbocycles. The van der Waals surface area contributed by atoms with E-state index in [2.05, 4.69) is 4.98 Å². The highest BCUT2D eigenvalue weighted by atomic mass is 19.1. The zero-order valence-corrected chi connectivity index (χ0v) is 24.1. The summed E-state index contributed by atoms with van der Waals surface area (Å²) in [6.45, 7) is 11.5. The Morgan fingerprint density at radius 3 is 2.17 bits per heavy atom. The van der Waals surface area contributed by atoms with Gasteiger partial charge in [0.15, 0.2) is 0 Å². The lowest BCUT2D eigenvalue weighted by molar-refractivity contribution is -0.127. The fourth-order valence-corrected chi connectivity index (χ4v) is 4.31. The molecule has 216 valence electrons. The summed E-state index contributed by atoms with van der Waals surface area (Å²) in [6, 6.07) is 13.6. The second-order valence-corrected chi connectivity index (χ2v) is 11.0. The molecular weight excluding hydrogens is 525 g/mol. The summed E-state index contributed by atoms with van der Waals surface area (Å²) in [7, 11) is 0. The summed E-state index contributed by atoms with van der Waals surface area (Å²) < 4.78 is 30.3. The summed E-state index contributed by atoms with van der Waals surface area (Å²) in [5.41, 5.74) is 3.00. The second kappa shape index (κ2) is 12.8. The van der Waals surface area contributed by atoms with Gasteiger partial charge in [0.25, 0.3) is 0 Å². The van der Waals surface area contributed by atoms with Gasteiger partial charge < -0.3 is 24.0 Å². The van der Waals surface area contributed by atoms with Crippen LogP contribution in [0, 0.1) is 19.7 Å². The molecule has 0 spiro atoms. The van der Waals surface area contributed by atoms with E-state index in [1.165, 1.54) is 12.1 Å². The van der Waals surface area contributed by atoms with Crippen LogP contribution in [-0.4, -0.2) is 58.6 Å². The van der Waals surface area contributed by atoms with Gasteiger partial charge in [-0.05, 0) is 93.3 Å². The molecule has 3 aromatic rings. The lowest BCUT2D eigenvalue weighted by Crippen LogP contribution is -2.51. The molecule has 0 bridgehead atoms. The number of benzene rings is 2. The Morgan fingerprint density at radius 1 is 0.951 bits per heavy atom. The van der Waals surface area contributed by atoms with Crippen molar-refractivity contribution in [3.8, 4) is 17.4 Å². The van der Waals surface area contributed by atoms with E-state index in [0.29, 0.717) is 50.2 Å². The molecule has 0 N–H and O–H groups in total. The molecule has 8 nitrogen and oxygen atoms in total. The summed E-state index contributed by atoms with van der Waals surface area (Å²) >= 11 is 0. The molecular formula is C32H36FN3O5. The number of carbonyl (C=O) groups excluding carboxylic acids is 2. The maximum absolute atomic E-state index is 13.1. The number of rotatable bonds is 7. The average molecular weight is 562 g/mol. The first kappa shape index (κ1) is 29.6. The number of carbonyl (C=O) groups is 2. The number of nitrogens with zero attached hydrogens (tertiary/aromatic N) is 3. The van der Waals surface area contributed by atoms with E-state index >= 15 is 0 Å². The van der Waals surface area contributed by atoms with E-state index < -0.39 is 5.60 Å². The predicted molar refractivity (Wildman–Crippen MR) is 154 cm³/mol. The molecule has 41 heavy (non-hydrogen) atoms. The smallest absolute Gasteiger partial charge is 0.410 e. The molecule has 0 unspecified atom stereocenters. The molecule has 0 radical (unpaired) electrons. The molecule has 1 saturated heterocycles. The van der Waals surface area contributed by atoms with Crippen molar-refractivity contribution in [3.05, 3.63) is 88.9 Å². The minimum Gasteiger partial charge on any atom is -0.487 e. The third kappa shape index (κ3) is 8.54. The maximum atomic E-state index is 13.1. The van der Waals surface area contributed by atoms with Gasteiger partial charge in [-0.2, -0.15) is 0 Å². The molecule has 1 aromatic heterocycles. The third-order valence-electron chi connectivity index (χ3n) is 6.38. The van der Waals surface area contributed by atoms with E-state index in [9.17, 15) is 14.0 Å². The highest BCUT2D eigenvalue weighted by molar-refractivity contribution is 5.92. The first-order chi connectivity index (χ1) is 19.5. The molecule has 0 saturated carbocycles. The van der Waals surface area contributed by atoms with E-state index in [4.69, 9.17) is 14.2 Å². The topological polar surface area (TPSA) is 81.2 Å². The van der Waals surface area contributed by atoms with Crippen molar-refractivity contribution in [1.82, 2.24) is 14.8 Å². The van der Waals surface area contributed by atoms with Crippen molar-refractivity contribution < 1.29 is 28.2 Å². The van der Waals surface area contributed by atoms with Gasteiger partial charge in [-0.25, -0.2) is 14.2 Å². The monoisotopic (exact) mass is 561 g/mol. The molecule has 1 aliphatic heterocycles. The Hall–Kier alpha value is -4.40. The van der Waals surface area contributed by atoms with Gasteiger partial charge in [0.05, 0.1) is 6.20 Å². The highest BCUT2D eigenvalue weighted by Crippen LogP contribution is 2.30. The molecule has 4 rings (SSSR count). The number of pyridine rings is 1. The Kier molecular flexibility index (Phi) is 9.27. The number of ether oxygens (including phenoxy) is 3. The van der Waals surface area contributed by atoms with Crippen LogP contribution in [-0.2, 0) is 16.1 Å². The highest BCUT2D eigenvalue weighted by Gasteiger charge is 2.27. The van der Waals surface area contributed by atoms with Gasteiger partial charge in [0.1, 0.15) is 29.5 Å². The van der Waals surface area contributed by atoms with Crippen LogP contribution in [0.25, 0.3) is 6.08 Å². The first-order valence-electron chi connectivity index (χ1n) is 13.5. The predicted octanol–water partition coefficient (Wildman–Crippen LogP) is 6.30. The Balaban J connectivity index is 1.30. The Labute approximate surface area is 240 Å². The second-order valence-electron chi connectivity index (χ2n) is 11.0. The van der Waals surface area contributed by atoms with Crippen molar-refractivity contribution in [1.29, 1.82) is 0 Å². The fourth-order valence-electron chi connectivity index (χ4n) is 4.31. The largest absolute Gasteiger partial charge is 0.487 e. The first-order valence-corrected chi connectivity index (χ1v) is 13.5. The van der Waals surface area contributed by atoms with Crippen LogP contribution >= 0.6 is 0 Å². The summed E-state index contributed by atoms with van der Waals surface area (Å²) in [4.78, 5) is 32.7. The van der Waals surface area contributed by atoms with Gasteiger partial charge in [-0.3, -0.25) is 4.79 Å². The molecule has 0 atom stereocenters. The van der Waals surface area contributed by atoms with Gasteiger partial charge in [0, 0.05) is 38.3 Å². The number of hydrogen-bond acceptors (Lipinski definition) is 6. The van der Waals surface area contributed by atoms with Crippen LogP contribution in [0.5, 0.6) is 17.4 Å². The quantitative estimate of drug-likeness (QED) is 0.315. The van der Waals surface area contributed by atoms with E-state index in [-0.39, 0.29) is 17.8 Å². The van der Waals surface area contributed by atoms with Crippen molar-refractivity contribution >= 4 is 18.1 Å². The molecule has 0 aliphatic carbocycles. The summed E-state index contributed by atoms with van der Waals surface area (Å²) in [6.07, 6.45) is 4.58. The molecule has 9 heteroatoms. The summed E-state index contributed by atoms with van der Waals surface area (Å²) in [5.74, 6) is 1.31. The standard InChI is InChI=1S/C32H36FN3O5/c1-22-18-25(8-13-29(37)35-14-16-36(17-15-35)31(38)41-32(3,4)5)19-23(2)30(22)40-28-12-11-27(20-34-28)39-21-24-6-9-26(33)10-7-24/h6-13,18-20H,14-17,21H2,1-5H3. The van der Waals surface area contributed by atoms with Gasteiger partial charge in [0.2, 0.25) is 11.8 Å². The third-order valence-corrected chi connectivity index (χ3v) is 6.38. The van der Waals surface area contributed by atoms with E-state index in [1.54, 1.807) is 52.4 Å². The number of aryl methyl sites for hydroxylation is 2. The molecule has 2 amide bonds. The van der Waals surface area contributed by atoms with Crippen LogP contribution in [0.15, 0.2) is 60.8 Å². The van der Waals surface area contributed by atoms with Crippen LogP contribution < -0.4 is 9.47 Å². The summed E-state index contributed by atoms with van der Waals surface area (Å²) in [5, 5.41) is 0. The van der Waals surface area contributed by atoms with Crippen molar-refractivity contribution in [2.45, 2.75) is 46.8 Å². The number of aromatic nitrogens is 1. The number of amides is 2.